The van der Waals surface area contributed by atoms with Crippen LogP contribution in [0.3, 0.4) is 0 Å². The smallest absolute Gasteiger partial charge is 0.222 e. The minimum absolute atomic E-state index is 0.0436. The van der Waals surface area contributed by atoms with Gasteiger partial charge < -0.3 is 10.2 Å². The van der Waals surface area contributed by atoms with Crippen molar-refractivity contribution < 1.29 is 9.59 Å². The summed E-state index contributed by atoms with van der Waals surface area (Å²) >= 11 is 0. The van der Waals surface area contributed by atoms with E-state index in [0.717, 1.165) is 38.5 Å². The average molecular weight is 463 g/mol. The van der Waals surface area contributed by atoms with E-state index in [-0.39, 0.29) is 17.7 Å². The second-order valence-corrected chi connectivity index (χ2v) is 9.60. The Bertz CT molecular complexity index is 807. The molecule has 2 amide bonds. The predicted octanol–water partition coefficient (Wildman–Crippen LogP) is 6.46. The number of hydrogen-bond acceptors (Lipinski definition) is 2. The molecule has 184 valence electrons. The maximum atomic E-state index is 12.9. The van der Waals surface area contributed by atoms with Crippen molar-refractivity contribution in [2.45, 2.75) is 89.5 Å². The van der Waals surface area contributed by atoms with E-state index >= 15 is 0 Å². The zero-order valence-corrected chi connectivity index (χ0v) is 20.9. The summed E-state index contributed by atoms with van der Waals surface area (Å²) in [7, 11) is 0. The van der Waals surface area contributed by atoms with E-state index in [1.165, 1.54) is 30.4 Å². The number of amides is 2. The Hall–Kier alpha value is -2.62. The molecule has 0 spiro atoms. The van der Waals surface area contributed by atoms with E-state index in [1.54, 1.807) is 0 Å². The minimum atomic E-state index is 0.0436. The average Bonchev–Trinajstić information content (AvgIpc) is 2.88. The maximum absolute atomic E-state index is 12.9. The number of unbranched alkanes of at least 4 members (excludes halogenated alkanes) is 2. The molecule has 2 aromatic rings. The van der Waals surface area contributed by atoms with Gasteiger partial charge in [-0.2, -0.15) is 0 Å². The maximum Gasteiger partial charge on any atom is 0.222 e. The molecule has 0 unspecified atom stereocenters. The fourth-order valence-electron chi connectivity index (χ4n) is 5.14. The van der Waals surface area contributed by atoms with Gasteiger partial charge in [0.1, 0.15) is 0 Å². The van der Waals surface area contributed by atoms with Gasteiger partial charge in [-0.25, -0.2) is 0 Å². The Labute approximate surface area is 206 Å². The lowest BCUT2D eigenvalue weighted by atomic mass is 9.88. The Balaban J connectivity index is 1.52. The van der Waals surface area contributed by atoms with Crippen LogP contribution < -0.4 is 5.32 Å². The van der Waals surface area contributed by atoms with Crippen LogP contribution in [0.25, 0.3) is 0 Å². The zero-order chi connectivity index (χ0) is 24.0. The van der Waals surface area contributed by atoms with E-state index in [1.807, 2.05) is 17.0 Å². The molecule has 0 radical (unpaired) electrons. The molecule has 1 aliphatic carbocycles. The first-order chi connectivity index (χ1) is 16.7. The molecule has 4 heteroatoms. The molecule has 0 aromatic heterocycles. The van der Waals surface area contributed by atoms with Crippen LogP contribution in [0.2, 0.25) is 0 Å². The van der Waals surface area contributed by atoms with Gasteiger partial charge in [0.2, 0.25) is 11.8 Å². The Morgan fingerprint density at radius 3 is 2.09 bits per heavy atom. The van der Waals surface area contributed by atoms with Crippen molar-refractivity contribution in [1.82, 2.24) is 10.2 Å². The lowest BCUT2D eigenvalue weighted by Crippen LogP contribution is -2.43. The fraction of sp³-hybridized carbons (Fsp3) is 0.533. The quantitative estimate of drug-likeness (QED) is 0.347. The van der Waals surface area contributed by atoms with Gasteiger partial charge in [0.25, 0.3) is 0 Å². The van der Waals surface area contributed by atoms with Crippen LogP contribution in [0.15, 0.2) is 60.7 Å². The van der Waals surface area contributed by atoms with Crippen LogP contribution >= 0.6 is 0 Å². The molecule has 0 saturated heterocycles. The largest absolute Gasteiger partial charge is 0.356 e. The van der Waals surface area contributed by atoms with Gasteiger partial charge in [0.15, 0.2) is 0 Å². The summed E-state index contributed by atoms with van der Waals surface area (Å²) in [6, 6.07) is 21.3. The SMILES string of the molecule is CCCCCC(=O)N(CCC(=O)NCCC(c1ccccc1)c1ccccc1)C1CCCCC1. The highest BCUT2D eigenvalue weighted by Gasteiger charge is 2.25. The van der Waals surface area contributed by atoms with Crippen molar-refractivity contribution in [1.29, 1.82) is 0 Å². The van der Waals surface area contributed by atoms with Crippen molar-refractivity contribution in [3.05, 3.63) is 71.8 Å². The molecular weight excluding hydrogens is 420 g/mol. The zero-order valence-electron chi connectivity index (χ0n) is 20.9. The second-order valence-electron chi connectivity index (χ2n) is 9.60. The first-order valence-electron chi connectivity index (χ1n) is 13.3. The van der Waals surface area contributed by atoms with Crippen molar-refractivity contribution >= 4 is 11.8 Å². The molecule has 2 aromatic carbocycles. The number of carbonyl (C=O) groups excluding carboxylic acids is 2. The summed E-state index contributed by atoms with van der Waals surface area (Å²) in [6.07, 6.45) is 10.8. The standard InChI is InChI=1S/C30H42N2O2/c1-2-3-7-20-30(34)32(27-18-12-6-13-19-27)24-22-29(33)31-23-21-28(25-14-8-4-9-15-25)26-16-10-5-11-17-26/h4-5,8-11,14-17,27-28H,2-3,6-7,12-13,18-24H2,1H3,(H,31,33). The van der Waals surface area contributed by atoms with Crippen molar-refractivity contribution in [2.75, 3.05) is 13.1 Å². The van der Waals surface area contributed by atoms with E-state index in [0.29, 0.717) is 32.0 Å². The Morgan fingerprint density at radius 1 is 0.882 bits per heavy atom. The monoisotopic (exact) mass is 462 g/mol. The molecule has 1 saturated carbocycles. The van der Waals surface area contributed by atoms with Crippen LogP contribution in [0, 0.1) is 0 Å². The summed E-state index contributed by atoms with van der Waals surface area (Å²) < 4.78 is 0. The lowest BCUT2D eigenvalue weighted by Gasteiger charge is -2.34. The number of benzene rings is 2. The van der Waals surface area contributed by atoms with Gasteiger partial charge in [-0.3, -0.25) is 9.59 Å². The Morgan fingerprint density at radius 2 is 1.50 bits per heavy atom. The number of nitrogens with zero attached hydrogens (tertiary/aromatic N) is 1. The summed E-state index contributed by atoms with van der Waals surface area (Å²) in [5.41, 5.74) is 2.54. The molecule has 4 nitrogen and oxygen atoms in total. The highest BCUT2D eigenvalue weighted by molar-refractivity contribution is 5.79. The summed E-state index contributed by atoms with van der Waals surface area (Å²) in [4.78, 5) is 27.7. The number of rotatable bonds is 13. The molecule has 0 bridgehead atoms. The molecule has 0 aliphatic heterocycles. The molecule has 34 heavy (non-hydrogen) atoms. The van der Waals surface area contributed by atoms with Gasteiger partial charge in [-0.05, 0) is 36.8 Å². The third-order valence-corrected chi connectivity index (χ3v) is 7.07. The van der Waals surface area contributed by atoms with Gasteiger partial charge in [0, 0.05) is 37.9 Å². The molecule has 1 N–H and O–H groups in total. The van der Waals surface area contributed by atoms with E-state index in [2.05, 4.69) is 60.8 Å². The first kappa shape index (κ1) is 26.0. The number of carbonyl (C=O) groups is 2. The van der Waals surface area contributed by atoms with Gasteiger partial charge in [0.05, 0.1) is 0 Å². The fourth-order valence-corrected chi connectivity index (χ4v) is 5.14. The summed E-state index contributed by atoms with van der Waals surface area (Å²) in [5, 5.41) is 3.13. The lowest BCUT2D eigenvalue weighted by molar-refractivity contribution is -0.135. The third-order valence-electron chi connectivity index (χ3n) is 7.07. The number of hydrogen-bond donors (Lipinski definition) is 1. The van der Waals surface area contributed by atoms with Crippen molar-refractivity contribution in [3.63, 3.8) is 0 Å². The molecule has 0 atom stereocenters. The van der Waals surface area contributed by atoms with Crippen LogP contribution in [0.1, 0.15) is 94.6 Å². The second kappa shape index (κ2) is 14.6. The highest BCUT2D eigenvalue weighted by Crippen LogP contribution is 2.27. The van der Waals surface area contributed by atoms with Gasteiger partial charge >= 0.3 is 0 Å². The molecular formula is C30H42N2O2. The van der Waals surface area contributed by atoms with Crippen LogP contribution in [0.4, 0.5) is 0 Å². The normalized spacial score (nSPS) is 14.2. The molecule has 1 aliphatic rings. The van der Waals surface area contributed by atoms with Gasteiger partial charge in [-0.1, -0.05) is 99.7 Å². The van der Waals surface area contributed by atoms with E-state index < -0.39 is 0 Å². The van der Waals surface area contributed by atoms with Crippen LogP contribution in [0.5, 0.6) is 0 Å². The van der Waals surface area contributed by atoms with Crippen molar-refractivity contribution in [3.8, 4) is 0 Å². The van der Waals surface area contributed by atoms with Crippen LogP contribution in [-0.2, 0) is 9.59 Å². The Kier molecular flexibility index (Phi) is 11.2. The van der Waals surface area contributed by atoms with Gasteiger partial charge in [-0.15, -0.1) is 0 Å². The highest BCUT2D eigenvalue weighted by atomic mass is 16.2. The van der Waals surface area contributed by atoms with Crippen molar-refractivity contribution in [2.24, 2.45) is 0 Å². The van der Waals surface area contributed by atoms with E-state index in [9.17, 15) is 9.59 Å². The topological polar surface area (TPSA) is 49.4 Å². The molecule has 1 fully saturated rings. The number of nitrogens with one attached hydrogen (secondary N) is 1. The molecule has 0 heterocycles. The summed E-state index contributed by atoms with van der Waals surface area (Å²) in [6.45, 7) is 3.33. The third kappa shape index (κ3) is 8.30. The van der Waals surface area contributed by atoms with E-state index in [4.69, 9.17) is 0 Å². The molecule has 3 rings (SSSR count). The summed E-state index contributed by atoms with van der Waals surface area (Å²) in [5.74, 6) is 0.532. The minimum Gasteiger partial charge on any atom is -0.356 e. The predicted molar refractivity (Wildman–Crippen MR) is 140 cm³/mol. The van der Waals surface area contributed by atoms with Crippen LogP contribution in [-0.4, -0.2) is 35.8 Å². The first-order valence-corrected chi connectivity index (χ1v) is 13.3.